The Morgan fingerprint density at radius 1 is 0.868 bits per heavy atom. The number of benzene rings is 1. The molecule has 26 heteroatoms. The van der Waals surface area contributed by atoms with Crippen LogP contribution in [0.15, 0.2) is 36.1 Å². The van der Waals surface area contributed by atoms with Crippen LogP contribution in [0.2, 0.25) is 0 Å². The van der Waals surface area contributed by atoms with E-state index in [1.54, 1.807) is 41.5 Å². The van der Waals surface area contributed by atoms with Gasteiger partial charge in [0.2, 0.25) is 12.2 Å². The Morgan fingerprint density at radius 3 is 2.06 bits per heavy atom. The van der Waals surface area contributed by atoms with Crippen molar-refractivity contribution < 1.29 is 87.6 Å². The number of nitro benzene ring substituents is 1. The normalized spacial score (nSPS) is 28.9. The summed E-state index contributed by atoms with van der Waals surface area (Å²) < 4.78 is 40.2. The van der Waals surface area contributed by atoms with Gasteiger partial charge in [-0.05, 0) is 98.5 Å². The number of likely N-dealkylation sites (N-methyl/N-ethyl adjacent to an activating group) is 1. The highest BCUT2D eigenvalue weighted by molar-refractivity contribution is 5.81. The van der Waals surface area contributed by atoms with E-state index in [-0.39, 0.29) is 57.0 Å². The van der Waals surface area contributed by atoms with Gasteiger partial charge in [0.05, 0.1) is 42.2 Å². The van der Waals surface area contributed by atoms with Gasteiger partial charge in [0.25, 0.3) is 5.69 Å². The zero-order valence-corrected chi connectivity index (χ0v) is 39.1. The number of rotatable bonds is 17. The molecule has 11 N–H and O–H groups in total. The summed E-state index contributed by atoms with van der Waals surface area (Å²) in [5.41, 5.74) is -3.12. The van der Waals surface area contributed by atoms with Gasteiger partial charge in [-0.25, -0.2) is 19.2 Å². The van der Waals surface area contributed by atoms with Crippen molar-refractivity contribution in [3.8, 4) is 0 Å². The van der Waals surface area contributed by atoms with E-state index in [9.17, 15) is 59.6 Å². The summed E-state index contributed by atoms with van der Waals surface area (Å²) >= 11 is 0. The van der Waals surface area contributed by atoms with E-state index in [1.807, 2.05) is 0 Å². The van der Waals surface area contributed by atoms with Crippen molar-refractivity contribution in [3.05, 3.63) is 51.8 Å². The highest BCUT2D eigenvalue weighted by Gasteiger charge is 2.53. The van der Waals surface area contributed by atoms with Crippen LogP contribution < -0.4 is 31.9 Å². The molecule has 5 amide bonds. The number of carbonyl (C=O) groups is 5. The minimum Gasteiger partial charge on any atom is -0.465 e. The summed E-state index contributed by atoms with van der Waals surface area (Å²) in [6.07, 6.45) is -15.0. The number of alkyl carbamates (subject to hydrolysis) is 3. The second-order valence-electron chi connectivity index (χ2n) is 18.6. The molecule has 1 saturated carbocycles. The van der Waals surface area contributed by atoms with Crippen LogP contribution in [-0.4, -0.2) is 172 Å². The molecule has 1 aliphatic carbocycles. The summed E-state index contributed by atoms with van der Waals surface area (Å²) in [5.74, 6) is -0.933. The van der Waals surface area contributed by atoms with E-state index in [0.717, 1.165) is 0 Å². The number of nitrogens with zero attached hydrogens (tertiary/aromatic N) is 1. The molecule has 0 unspecified atom stereocenters. The summed E-state index contributed by atoms with van der Waals surface area (Å²) in [4.78, 5) is 74.2. The maximum absolute atomic E-state index is 13.6. The first-order chi connectivity index (χ1) is 31.7. The van der Waals surface area contributed by atoms with Gasteiger partial charge in [0.15, 0.2) is 6.29 Å². The molecule has 1 aromatic rings. The van der Waals surface area contributed by atoms with E-state index in [2.05, 4.69) is 31.9 Å². The lowest BCUT2D eigenvalue weighted by atomic mass is 9.82. The molecule has 1 saturated heterocycles. The molecule has 0 radical (unpaired) electrons. The Kier molecular flexibility index (Phi) is 19.1. The van der Waals surface area contributed by atoms with Gasteiger partial charge in [0.1, 0.15) is 59.7 Å². The van der Waals surface area contributed by atoms with Crippen LogP contribution in [0, 0.1) is 10.1 Å². The predicted octanol–water partition coefficient (Wildman–Crippen LogP) is 0.333. The summed E-state index contributed by atoms with van der Waals surface area (Å²) in [5, 5.41) is 81.4. The number of hydrogen-bond donors (Lipinski definition) is 11. The zero-order chi connectivity index (χ0) is 50.7. The van der Waals surface area contributed by atoms with E-state index >= 15 is 0 Å². The third kappa shape index (κ3) is 16.6. The third-order valence-corrected chi connectivity index (χ3v) is 10.5. The SMILES string of the molecule is CN[C@@H]1[C@@H](O)[C@@H](O[C@@H]2[C@@H](O)[C@H](O[C@H]3OC(CNC(=O)OCc4ccc([N+](=O)[O-])cc4)=CC[C@H]3NC(=O)O)[C@@H](NC(=O)OC(C)(C)C)C[C@H]2NC(=O)[C@@H](O)CCNC(=O)OC(C)(C)C)OC[C@]1(C)O. The van der Waals surface area contributed by atoms with Crippen molar-refractivity contribution in [1.29, 1.82) is 0 Å². The van der Waals surface area contributed by atoms with Gasteiger partial charge >= 0.3 is 24.4 Å². The van der Waals surface area contributed by atoms with Crippen LogP contribution in [0.1, 0.15) is 73.3 Å². The lowest BCUT2D eigenvalue weighted by Crippen LogP contribution is -2.70. The second-order valence-corrected chi connectivity index (χ2v) is 18.6. The fourth-order valence-corrected chi connectivity index (χ4v) is 7.45. The molecule has 2 aliphatic heterocycles. The van der Waals surface area contributed by atoms with E-state index in [4.69, 9.17) is 33.2 Å². The van der Waals surface area contributed by atoms with Crippen LogP contribution in [0.3, 0.4) is 0 Å². The monoisotopic (exact) mass is 971 g/mol. The van der Waals surface area contributed by atoms with Crippen molar-refractivity contribution in [1.82, 2.24) is 31.9 Å². The fraction of sp³-hybridized carbons (Fsp3) is 0.690. The maximum Gasteiger partial charge on any atom is 0.407 e. The lowest BCUT2D eigenvalue weighted by Gasteiger charge is -2.49. The molecule has 2 heterocycles. The van der Waals surface area contributed by atoms with E-state index < -0.39 is 119 Å². The third-order valence-electron chi connectivity index (χ3n) is 10.5. The fourth-order valence-electron chi connectivity index (χ4n) is 7.45. The molecule has 382 valence electrons. The Morgan fingerprint density at radius 2 is 1.47 bits per heavy atom. The Balaban J connectivity index is 1.61. The first-order valence-corrected chi connectivity index (χ1v) is 21.8. The number of amides is 5. The molecule has 0 spiro atoms. The molecule has 1 aromatic carbocycles. The lowest BCUT2D eigenvalue weighted by molar-refractivity contribution is -0.384. The van der Waals surface area contributed by atoms with E-state index in [1.165, 1.54) is 44.3 Å². The second kappa shape index (κ2) is 23.6. The number of aliphatic hydroxyl groups is 4. The van der Waals surface area contributed by atoms with Crippen LogP contribution in [0.25, 0.3) is 0 Å². The number of ether oxygens (including phenoxy) is 7. The smallest absolute Gasteiger partial charge is 0.407 e. The summed E-state index contributed by atoms with van der Waals surface area (Å²) in [7, 11) is 1.48. The van der Waals surface area contributed by atoms with Gasteiger partial charge in [0, 0.05) is 18.7 Å². The van der Waals surface area contributed by atoms with E-state index in [0.29, 0.717) is 5.56 Å². The first-order valence-electron chi connectivity index (χ1n) is 21.8. The van der Waals surface area contributed by atoms with Crippen LogP contribution in [0.4, 0.5) is 24.9 Å². The van der Waals surface area contributed by atoms with Crippen molar-refractivity contribution in [2.24, 2.45) is 0 Å². The summed E-state index contributed by atoms with van der Waals surface area (Å²) in [6.45, 7) is 10.1. The van der Waals surface area contributed by atoms with Crippen molar-refractivity contribution in [2.45, 2.75) is 158 Å². The summed E-state index contributed by atoms with van der Waals surface area (Å²) in [6, 6.07) is 0.502. The minimum absolute atomic E-state index is 0.0599. The highest BCUT2D eigenvalue weighted by atomic mass is 16.7. The number of nitro groups is 1. The molecule has 3 aliphatic rings. The number of nitrogens with one attached hydrogen (secondary N) is 6. The van der Waals surface area contributed by atoms with Gasteiger partial charge in [-0.1, -0.05) is 0 Å². The number of carbonyl (C=O) groups excluding carboxylic acids is 4. The number of hydrogen-bond acceptors (Lipinski definition) is 19. The Labute approximate surface area is 391 Å². The molecule has 0 bridgehead atoms. The van der Waals surface area contributed by atoms with Crippen molar-refractivity contribution in [2.75, 3.05) is 26.7 Å². The molecular formula is C42H65N7O19. The zero-order valence-electron chi connectivity index (χ0n) is 39.1. The number of non-ortho nitro benzene ring substituents is 1. The molecule has 0 aromatic heterocycles. The van der Waals surface area contributed by atoms with Crippen LogP contribution in [0.5, 0.6) is 0 Å². The Hall–Kier alpha value is -5.61. The van der Waals surface area contributed by atoms with Gasteiger partial charge in [-0.3, -0.25) is 14.9 Å². The van der Waals surface area contributed by atoms with Crippen molar-refractivity contribution in [3.63, 3.8) is 0 Å². The highest BCUT2D eigenvalue weighted by Crippen LogP contribution is 2.33. The minimum atomic E-state index is -1.91. The number of carboxylic acid groups (broad SMARTS) is 1. The molecule has 4 rings (SSSR count). The number of aliphatic hydroxyl groups excluding tert-OH is 3. The average Bonchev–Trinajstić information content (AvgIpc) is 3.22. The van der Waals surface area contributed by atoms with Crippen molar-refractivity contribution >= 4 is 36.0 Å². The molecule has 68 heavy (non-hydrogen) atoms. The van der Waals surface area contributed by atoms with Gasteiger partial charge < -0.3 is 90.6 Å². The van der Waals surface area contributed by atoms with Gasteiger partial charge in [-0.2, -0.15) is 0 Å². The largest absolute Gasteiger partial charge is 0.465 e. The van der Waals surface area contributed by atoms with Crippen LogP contribution >= 0.6 is 0 Å². The Bertz CT molecular complexity index is 1940. The quantitative estimate of drug-likeness (QED) is 0.0569. The molecule has 2 fully saturated rings. The predicted molar refractivity (Wildman–Crippen MR) is 233 cm³/mol. The maximum atomic E-state index is 13.6. The molecular weight excluding hydrogens is 906 g/mol. The topological polar surface area (TPSA) is 366 Å². The average molecular weight is 972 g/mol. The van der Waals surface area contributed by atoms with Crippen LogP contribution in [-0.2, 0) is 44.6 Å². The standard InChI is InChI=1S/C42H65N7O19/c1-40(2,3)67-38(57)44-16-15-27(50)33(53)46-25-17-26(48-39(58)68-41(4,5)6)31(28(51)30(25)66-35-29(52)32(43-8)42(7,59)20-63-35)65-34-24(47-36(54)55)14-13-23(64-34)18-45-37(56)62-19-21-9-11-22(12-10-21)49(60)61/h9-13,24-32,34-35,43,47,50-52,59H,14-20H2,1-8H3,(H,44,57)(H,45,56)(H,46,53)(H,48,58)(H,54,55)/t24-,25-,26+,27+,28-,29-,30+,31-,32-,34-,35-,42+/m1/s1. The first kappa shape index (κ1) is 55.0. The molecule has 26 nitrogen and oxygen atoms in total. The molecule has 12 atom stereocenters. The van der Waals surface area contributed by atoms with Gasteiger partial charge in [-0.15, -0.1) is 0 Å².